The van der Waals surface area contributed by atoms with Gasteiger partial charge in [0.2, 0.25) is 0 Å². The number of Topliss-reactive ketones (excluding diaryl/α,β-unsaturated/α-hetero) is 1. The van der Waals surface area contributed by atoms with Crippen LogP contribution in [0.15, 0.2) is 36.5 Å². The zero-order chi connectivity index (χ0) is 15.3. The zero-order valence-electron chi connectivity index (χ0n) is 12.1. The molecule has 2 heterocycles. The van der Waals surface area contributed by atoms with E-state index in [0.717, 1.165) is 35.0 Å². The number of rotatable bonds is 3. The number of ketones is 1. The van der Waals surface area contributed by atoms with Crippen molar-refractivity contribution in [1.82, 2.24) is 14.8 Å². The number of carbonyl (C=O) groups is 1. The first-order chi connectivity index (χ1) is 10.6. The summed E-state index contributed by atoms with van der Waals surface area (Å²) in [6, 6.07) is 8.98. The molecule has 1 aromatic carbocycles. The van der Waals surface area contributed by atoms with E-state index in [0.29, 0.717) is 11.7 Å². The lowest BCUT2D eigenvalue weighted by Crippen LogP contribution is -2.01. The molecule has 0 radical (unpaired) electrons. The molecule has 0 unspecified atom stereocenters. The highest BCUT2D eigenvalue weighted by molar-refractivity contribution is 5.94. The van der Waals surface area contributed by atoms with Crippen LogP contribution in [-0.4, -0.2) is 20.5 Å². The van der Waals surface area contributed by atoms with Crippen molar-refractivity contribution in [2.45, 2.75) is 25.8 Å². The fraction of sp³-hybridized carbons (Fsp3) is 0.235. The van der Waals surface area contributed by atoms with Gasteiger partial charge in [-0.3, -0.25) is 4.79 Å². The molecule has 0 atom stereocenters. The van der Waals surface area contributed by atoms with E-state index in [2.05, 4.69) is 14.8 Å². The standard InChI is InChI=1S/C17H14FN3O/c1-10(22)15-6-12(9-19-20-15)16-7-11-2-3-13(18)8-17(11)21(16)14-4-5-14/h2-3,6-9,14H,4-5H2,1H3. The average Bonchev–Trinajstić information content (AvgIpc) is 3.28. The summed E-state index contributed by atoms with van der Waals surface area (Å²) in [5.41, 5.74) is 3.03. The quantitative estimate of drug-likeness (QED) is 0.691. The van der Waals surface area contributed by atoms with Crippen LogP contribution in [0.1, 0.15) is 36.3 Å². The molecule has 0 N–H and O–H groups in total. The molecule has 5 heteroatoms. The molecular weight excluding hydrogens is 281 g/mol. The minimum Gasteiger partial charge on any atom is -0.337 e. The summed E-state index contributed by atoms with van der Waals surface area (Å²) in [6.07, 6.45) is 3.83. The second kappa shape index (κ2) is 4.73. The van der Waals surface area contributed by atoms with Gasteiger partial charge in [0.05, 0.1) is 17.4 Å². The molecule has 0 amide bonds. The Labute approximate surface area is 126 Å². The Bertz CT molecular complexity index is 896. The Morgan fingerprint density at radius 1 is 1.27 bits per heavy atom. The maximum absolute atomic E-state index is 13.6. The van der Waals surface area contributed by atoms with Crippen molar-refractivity contribution < 1.29 is 9.18 Å². The maximum Gasteiger partial charge on any atom is 0.180 e. The van der Waals surface area contributed by atoms with Gasteiger partial charge in [0.15, 0.2) is 5.78 Å². The highest BCUT2D eigenvalue weighted by atomic mass is 19.1. The predicted molar refractivity (Wildman–Crippen MR) is 81.2 cm³/mol. The van der Waals surface area contributed by atoms with Gasteiger partial charge < -0.3 is 4.57 Å². The van der Waals surface area contributed by atoms with Gasteiger partial charge in [0, 0.05) is 23.9 Å². The molecule has 1 aliphatic rings. The minimum absolute atomic E-state index is 0.116. The third-order valence-electron chi connectivity index (χ3n) is 4.03. The molecular formula is C17H14FN3O. The summed E-state index contributed by atoms with van der Waals surface area (Å²) in [4.78, 5) is 11.5. The average molecular weight is 295 g/mol. The Balaban J connectivity index is 1.96. The van der Waals surface area contributed by atoms with Crippen molar-refractivity contribution >= 4 is 16.7 Å². The topological polar surface area (TPSA) is 47.8 Å². The van der Waals surface area contributed by atoms with Gasteiger partial charge in [0.25, 0.3) is 0 Å². The lowest BCUT2D eigenvalue weighted by molar-refractivity contribution is 0.101. The summed E-state index contributed by atoms with van der Waals surface area (Å²) in [5, 5.41) is 8.78. The number of fused-ring (bicyclic) bond motifs is 1. The van der Waals surface area contributed by atoms with Crippen molar-refractivity contribution in [2.24, 2.45) is 0 Å². The first kappa shape index (κ1) is 13.1. The van der Waals surface area contributed by atoms with Gasteiger partial charge >= 0.3 is 0 Å². The van der Waals surface area contributed by atoms with E-state index in [9.17, 15) is 9.18 Å². The van der Waals surface area contributed by atoms with E-state index in [4.69, 9.17) is 0 Å². The molecule has 0 spiro atoms. The van der Waals surface area contributed by atoms with E-state index in [1.165, 1.54) is 13.0 Å². The minimum atomic E-state index is -0.240. The summed E-state index contributed by atoms with van der Waals surface area (Å²) in [6.45, 7) is 1.47. The van der Waals surface area contributed by atoms with Crippen molar-refractivity contribution in [3.05, 3.63) is 48.0 Å². The lowest BCUT2D eigenvalue weighted by Gasteiger charge is -2.09. The highest BCUT2D eigenvalue weighted by Gasteiger charge is 2.28. The number of hydrogen-bond acceptors (Lipinski definition) is 3. The van der Waals surface area contributed by atoms with Crippen molar-refractivity contribution in [1.29, 1.82) is 0 Å². The van der Waals surface area contributed by atoms with Gasteiger partial charge in [-0.25, -0.2) is 4.39 Å². The van der Waals surface area contributed by atoms with Gasteiger partial charge in [0.1, 0.15) is 11.5 Å². The molecule has 22 heavy (non-hydrogen) atoms. The SMILES string of the molecule is CC(=O)c1cc(-c2cc3ccc(F)cc3n2C2CC2)cnn1. The van der Waals surface area contributed by atoms with E-state index < -0.39 is 0 Å². The molecule has 1 fully saturated rings. The summed E-state index contributed by atoms with van der Waals surface area (Å²) in [7, 11) is 0. The molecule has 110 valence electrons. The molecule has 1 aliphatic carbocycles. The van der Waals surface area contributed by atoms with Crippen LogP contribution in [0.3, 0.4) is 0 Å². The van der Waals surface area contributed by atoms with Crippen LogP contribution in [0.25, 0.3) is 22.2 Å². The maximum atomic E-state index is 13.6. The molecule has 0 bridgehead atoms. The van der Waals surface area contributed by atoms with Crippen LogP contribution in [0, 0.1) is 5.82 Å². The highest BCUT2D eigenvalue weighted by Crippen LogP contribution is 2.42. The molecule has 4 nitrogen and oxygen atoms in total. The fourth-order valence-corrected chi connectivity index (χ4v) is 2.82. The second-order valence-corrected chi connectivity index (χ2v) is 5.72. The van der Waals surface area contributed by atoms with Gasteiger partial charge in [-0.15, -0.1) is 5.10 Å². The van der Waals surface area contributed by atoms with Crippen LogP contribution >= 0.6 is 0 Å². The Morgan fingerprint density at radius 3 is 2.82 bits per heavy atom. The number of aromatic nitrogens is 3. The predicted octanol–water partition coefficient (Wildman–Crippen LogP) is 3.77. The van der Waals surface area contributed by atoms with E-state index in [1.807, 2.05) is 6.07 Å². The van der Waals surface area contributed by atoms with Crippen LogP contribution in [-0.2, 0) is 0 Å². The molecule has 0 saturated heterocycles. The summed E-state index contributed by atoms with van der Waals surface area (Å²) in [5.74, 6) is -0.356. The number of benzene rings is 1. The Kier molecular flexibility index (Phi) is 2.82. The first-order valence-corrected chi connectivity index (χ1v) is 7.28. The normalized spacial score (nSPS) is 14.5. The van der Waals surface area contributed by atoms with E-state index in [1.54, 1.807) is 24.4 Å². The largest absolute Gasteiger partial charge is 0.337 e. The monoisotopic (exact) mass is 295 g/mol. The third kappa shape index (κ3) is 2.09. The van der Waals surface area contributed by atoms with Crippen molar-refractivity contribution in [3.8, 4) is 11.3 Å². The van der Waals surface area contributed by atoms with Gasteiger partial charge in [-0.1, -0.05) is 0 Å². The summed E-state index contributed by atoms with van der Waals surface area (Å²) >= 11 is 0. The van der Waals surface area contributed by atoms with E-state index >= 15 is 0 Å². The third-order valence-corrected chi connectivity index (χ3v) is 4.03. The van der Waals surface area contributed by atoms with Crippen LogP contribution in [0.4, 0.5) is 4.39 Å². The molecule has 0 aliphatic heterocycles. The van der Waals surface area contributed by atoms with Gasteiger partial charge in [-0.05, 0) is 43.2 Å². The van der Waals surface area contributed by atoms with Gasteiger partial charge in [-0.2, -0.15) is 5.10 Å². The zero-order valence-corrected chi connectivity index (χ0v) is 12.1. The first-order valence-electron chi connectivity index (χ1n) is 7.28. The fourth-order valence-electron chi connectivity index (χ4n) is 2.82. The molecule has 4 rings (SSSR count). The van der Waals surface area contributed by atoms with Crippen molar-refractivity contribution in [2.75, 3.05) is 0 Å². The van der Waals surface area contributed by atoms with E-state index in [-0.39, 0.29) is 11.6 Å². The molecule has 3 aromatic rings. The second-order valence-electron chi connectivity index (χ2n) is 5.72. The number of halogens is 1. The van der Waals surface area contributed by atoms with Crippen LogP contribution in [0.5, 0.6) is 0 Å². The number of hydrogen-bond donors (Lipinski definition) is 0. The number of nitrogens with zero attached hydrogens (tertiary/aromatic N) is 3. The van der Waals surface area contributed by atoms with Crippen LogP contribution < -0.4 is 0 Å². The lowest BCUT2D eigenvalue weighted by atomic mass is 10.1. The molecule has 2 aromatic heterocycles. The Hall–Kier alpha value is -2.56. The molecule has 1 saturated carbocycles. The smallest absolute Gasteiger partial charge is 0.180 e. The number of carbonyl (C=O) groups excluding carboxylic acids is 1. The van der Waals surface area contributed by atoms with Crippen molar-refractivity contribution in [3.63, 3.8) is 0 Å². The Morgan fingerprint density at radius 2 is 2.09 bits per heavy atom. The summed E-state index contributed by atoms with van der Waals surface area (Å²) < 4.78 is 15.8. The van der Waals surface area contributed by atoms with Crippen LogP contribution in [0.2, 0.25) is 0 Å².